The van der Waals surface area contributed by atoms with Gasteiger partial charge in [0.05, 0.1) is 30.4 Å². The lowest BCUT2D eigenvalue weighted by Gasteiger charge is -2.30. The van der Waals surface area contributed by atoms with Gasteiger partial charge in [0, 0.05) is 32.2 Å². The number of nitriles is 1. The summed E-state index contributed by atoms with van der Waals surface area (Å²) < 4.78 is 6.22. The maximum Gasteiger partial charge on any atom is 0.242 e. The van der Waals surface area contributed by atoms with Crippen LogP contribution in [0.1, 0.15) is 36.1 Å². The molecule has 4 rings (SSSR count). The molecule has 0 aromatic heterocycles. The van der Waals surface area contributed by atoms with Crippen molar-refractivity contribution in [2.75, 3.05) is 38.1 Å². The molecule has 2 amide bonds. The topological polar surface area (TPSA) is 97.7 Å². The third kappa shape index (κ3) is 8.09. The highest BCUT2D eigenvalue weighted by molar-refractivity contribution is 5.87. The van der Waals surface area contributed by atoms with Crippen LogP contribution >= 0.6 is 0 Å². The van der Waals surface area contributed by atoms with Gasteiger partial charge >= 0.3 is 0 Å². The maximum absolute atomic E-state index is 13.7. The lowest BCUT2D eigenvalue weighted by atomic mass is 10.1. The highest BCUT2D eigenvalue weighted by Crippen LogP contribution is 2.34. The van der Waals surface area contributed by atoms with E-state index in [0.717, 1.165) is 18.4 Å². The third-order valence-electron chi connectivity index (χ3n) is 7.31. The summed E-state index contributed by atoms with van der Waals surface area (Å²) in [5.74, 6) is 0.757. The van der Waals surface area contributed by atoms with Crippen LogP contribution in [0.4, 0.5) is 5.69 Å². The van der Waals surface area contributed by atoms with Gasteiger partial charge < -0.3 is 25.2 Å². The first-order valence-electron chi connectivity index (χ1n) is 14.1. The maximum atomic E-state index is 13.7. The molecule has 1 aliphatic carbocycles. The number of amides is 2. The number of hydrogen-bond donors (Lipinski definition) is 2. The van der Waals surface area contributed by atoms with E-state index in [9.17, 15) is 14.9 Å². The van der Waals surface area contributed by atoms with Gasteiger partial charge in [-0.15, -0.1) is 0 Å². The summed E-state index contributed by atoms with van der Waals surface area (Å²) >= 11 is 0. The van der Waals surface area contributed by atoms with Crippen molar-refractivity contribution >= 4 is 17.5 Å². The molecule has 3 aromatic carbocycles. The number of aryl methyl sites for hydroxylation is 1. The fourth-order valence-corrected chi connectivity index (χ4v) is 4.96. The number of likely N-dealkylation sites (N-methyl/N-ethyl adjacent to an activating group) is 1. The number of fused-ring (bicyclic) bond motifs is 1. The van der Waals surface area contributed by atoms with Crippen molar-refractivity contribution in [3.05, 3.63) is 89.0 Å². The van der Waals surface area contributed by atoms with Crippen LogP contribution in [0.2, 0.25) is 0 Å². The van der Waals surface area contributed by atoms with E-state index in [2.05, 4.69) is 28.8 Å². The van der Waals surface area contributed by atoms with E-state index < -0.39 is 0 Å². The molecule has 0 saturated heterocycles. The minimum Gasteiger partial charge on any atom is -0.455 e. The van der Waals surface area contributed by atoms with Gasteiger partial charge in [0.1, 0.15) is 5.75 Å². The Bertz CT molecular complexity index is 1370. The van der Waals surface area contributed by atoms with Crippen molar-refractivity contribution in [2.45, 2.75) is 45.7 Å². The summed E-state index contributed by atoms with van der Waals surface area (Å²) in [6.45, 7) is 7.09. The predicted octanol–water partition coefficient (Wildman–Crippen LogP) is 4.21. The first kappa shape index (κ1) is 29.6. The van der Waals surface area contributed by atoms with Gasteiger partial charge in [0.25, 0.3) is 0 Å². The molecule has 214 valence electrons. The predicted molar refractivity (Wildman–Crippen MR) is 161 cm³/mol. The lowest BCUT2D eigenvalue weighted by Crippen LogP contribution is -2.47. The summed E-state index contributed by atoms with van der Waals surface area (Å²) in [5, 5.41) is 15.9. The Kier molecular flexibility index (Phi) is 9.99. The van der Waals surface area contributed by atoms with E-state index in [1.165, 1.54) is 11.1 Å². The summed E-state index contributed by atoms with van der Waals surface area (Å²) in [6.07, 6.45) is 1.60. The van der Waals surface area contributed by atoms with Crippen LogP contribution in [0, 0.1) is 18.3 Å². The zero-order chi connectivity index (χ0) is 29.4. The summed E-state index contributed by atoms with van der Waals surface area (Å²) in [4.78, 5) is 30.2. The Morgan fingerprint density at radius 1 is 1.00 bits per heavy atom. The summed E-state index contributed by atoms with van der Waals surface area (Å²) in [5.41, 5.74) is 4.55. The van der Waals surface area contributed by atoms with Gasteiger partial charge in [0.15, 0.2) is 5.75 Å². The summed E-state index contributed by atoms with van der Waals surface area (Å²) in [6, 6.07) is 23.5. The Morgan fingerprint density at radius 2 is 1.68 bits per heavy atom. The number of ether oxygens (including phenoxy) is 1. The zero-order valence-corrected chi connectivity index (χ0v) is 24.3. The molecule has 1 aliphatic rings. The minimum atomic E-state index is -0.220. The van der Waals surface area contributed by atoms with Gasteiger partial charge in [0.2, 0.25) is 11.8 Å². The molecule has 8 nitrogen and oxygen atoms in total. The highest BCUT2D eigenvalue weighted by Gasteiger charge is 2.29. The quantitative estimate of drug-likeness (QED) is 0.326. The van der Waals surface area contributed by atoms with E-state index in [1.807, 2.05) is 64.2 Å². The fourth-order valence-electron chi connectivity index (χ4n) is 4.96. The van der Waals surface area contributed by atoms with Gasteiger partial charge in [-0.25, -0.2) is 0 Å². The Morgan fingerprint density at radius 3 is 2.32 bits per heavy atom. The molecule has 0 fully saturated rings. The number of rotatable bonds is 12. The standard InChI is InChI=1S/C33H39N5O3/c1-23(2)35-15-16-36-32(39)21-38(22-33(40)37(4)28-18-26-7-5-6-8-27(26)19-28)30-17-25(20-34)11-14-31(30)41-29-12-9-24(3)10-13-29/h5-14,17,23,28,35H,15-16,18-19,21-22H2,1-4H3,(H,36,39). The molecular weight excluding hydrogens is 514 g/mol. The summed E-state index contributed by atoms with van der Waals surface area (Å²) in [7, 11) is 1.82. The van der Waals surface area contributed by atoms with Crippen LogP contribution in [0.15, 0.2) is 66.7 Å². The van der Waals surface area contributed by atoms with Crippen LogP contribution in [0.25, 0.3) is 0 Å². The zero-order valence-electron chi connectivity index (χ0n) is 24.3. The lowest BCUT2D eigenvalue weighted by molar-refractivity contribution is -0.130. The van der Waals surface area contributed by atoms with Crippen LogP contribution in [-0.2, 0) is 22.4 Å². The average Bonchev–Trinajstić information content (AvgIpc) is 3.40. The monoisotopic (exact) mass is 553 g/mol. The van der Waals surface area contributed by atoms with E-state index in [0.29, 0.717) is 41.9 Å². The molecule has 41 heavy (non-hydrogen) atoms. The molecule has 0 bridgehead atoms. The van der Waals surface area contributed by atoms with Crippen LogP contribution < -0.4 is 20.3 Å². The van der Waals surface area contributed by atoms with Crippen molar-refractivity contribution in [1.29, 1.82) is 5.26 Å². The van der Waals surface area contributed by atoms with Crippen LogP contribution in [0.5, 0.6) is 11.5 Å². The molecule has 3 aromatic rings. The Balaban J connectivity index is 1.57. The fraction of sp³-hybridized carbons (Fsp3) is 0.364. The van der Waals surface area contributed by atoms with Gasteiger partial charge in [-0.2, -0.15) is 5.26 Å². The third-order valence-corrected chi connectivity index (χ3v) is 7.31. The van der Waals surface area contributed by atoms with Crippen LogP contribution in [-0.4, -0.2) is 62.0 Å². The first-order chi connectivity index (χ1) is 19.7. The molecule has 0 unspecified atom stereocenters. The number of nitrogens with zero attached hydrogens (tertiary/aromatic N) is 3. The average molecular weight is 554 g/mol. The number of anilines is 1. The van der Waals surface area contributed by atoms with Gasteiger partial charge in [-0.3, -0.25) is 9.59 Å². The number of benzene rings is 3. The van der Waals surface area contributed by atoms with Crippen molar-refractivity contribution in [2.24, 2.45) is 0 Å². The first-order valence-corrected chi connectivity index (χ1v) is 14.1. The smallest absolute Gasteiger partial charge is 0.242 e. The molecule has 0 atom stereocenters. The highest BCUT2D eigenvalue weighted by atomic mass is 16.5. The minimum absolute atomic E-state index is 0.0415. The SMILES string of the molecule is Cc1ccc(Oc2ccc(C#N)cc2N(CC(=O)NCCNC(C)C)CC(=O)N(C)C2Cc3ccccc3C2)cc1. The molecule has 0 saturated carbocycles. The van der Waals surface area contributed by atoms with Crippen molar-refractivity contribution in [3.63, 3.8) is 0 Å². The van der Waals surface area contributed by atoms with E-state index in [1.54, 1.807) is 28.0 Å². The Hall–Kier alpha value is -4.35. The molecule has 0 spiro atoms. The molecule has 8 heteroatoms. The number of carbonyl (C=O) groups is 2. The number of nitrogens with one attached hydrogen (secondary N) is 2. The van der Waals surface area contributed by atoms with E-state index in [-0.39, 0.29) is 30.9 Å². The van der Waals surface area contributed by atoms with Crippen molar-refractivity contribution in [3.8, 4) is 17.6 Å². The van der Waals surface area contributed by atoms with Gasteiger partial charge in [-0.05, 0) is 61.2 Å². The molecular formula is C33H39N5O3. The van der Waals surface area contributed by atoms with Gasteiger partial charge in [-0.1, -0.05) is 55.8 Å². The normalized spacial score (nSPS) is 12.5. The second-order valence-corrected chi connectivity index (χ2v) is 10.9. The van der Waals surface area contributed by atoms with Crippen LogP contribution in [0.3, 0.4) is 0 Å². The van der Waals surface area contributed by atoms with Crippen molar-refractivity contribution in [1.82, 2.24) is 15.5 Å². The molecule has 0 aliphatic heterocycles. The molecule has 0 radical (unpaired) electrons. The van der Waals surface area contributed by atoms with E-state index >= 15 is 0 Å². The number of hydrogen-bond acceptors (Lipinski definition) is 6. The second kappa shape index (κ2) is 13.8. The molecule has 0 heterocycles. The van der Waals surface area contributed by atoms with E-state index in [4.69, 9.17) is 4.74 Å². The Labute approximate surface area is 242 Å². The second-order valence-electron chi connectivity index (χ2n) is 10.9. The number of carbonyl (C=O) groups excluding carboxylic acids is 2. The largest absolute Gasteiger partial charge is 0.455 e. The van der Waals surface area contributed by atoms with Crippen molar-refractivity contribution < 1.29 is 14.3 Å². The molecule has 2 N–H and O–H groups in total.